The van der Waals surface area contributed by atoms with Gasteiger partial charge in [-0.2, -0.15) is 0 Å². The fraction of sp³-hybridized carbons (Fsp3) is 0.273. The van der Waals surface area contributed by atoms with Crippen LogP contribution in [0.1, 0.15) is 17.4 Å². The molecule has 0 aliphatic carbocycles. The number of nitrogens with zero attached hydrogens (tertiary/aromatic N) is 2. The van der Waals surface area contributed by atoms with Crippen LogP contribution in [0.5, 0.6) is 0 Å². The van der Waals surface area contributed by atoms with Crippen molar-refractivity contribution in [1.29, 1.82) is 0 Å². The van der Waals surface area contributed by atoms with Gasteiger partial charge in [0, 0.05) is 0 Å². The monoisotopic (exact) mass is 283 g/mol. The van der Waals surface area contributed by atoms with Crippen molar-refractivity contribution in [2.45, 2.75) is 13.0 Å². The predicted octanol–water partition coefficient (Wildman–Crippen LogP) is 0.284. The maximum Gasteiger partial charge on any atom is 0.356 e. The van der Waals surface area contributed by atoms with Gasteiger partial charge in [-0.3, -0.25) is 14.9 Å². The van der Waals surface area contributed by atoms with Crippen LogP contribution in [0.25, 0.3) is 0 Å². The molecule has 2 heterocycles. The van der Waals surface area contributed by atoms with Gasteiger partial charge in [0.15, 0.2) is 5.69 Å². The minimum Gasteiger partial charge on any atom is -0.476 e. The molecule has 19 heavy (non-hydrogen) atoms. The Bertz CT molecular complexity index is 575. The molecular weight excluding hydrogens is 274 g/mol. The predicted molar refractivity (Wildman–Crippen MR) is 66.2 cm³/mol. The van der Waals surface area contributed by atoms with Crippen molar-refractivity contribution in [3.63, 3.8) is 0 Å². The number of hydrogen-bond acceptors (Lipinski definition) is 5. The number of halogens is 1. The Hall–Kier alpha value is -2.15. The van der Waals surface area contributed by atoms with E-state index in [-0.39, 0.29) is 23.1 Å². The molecule has 100 valence electrons. The summed E-state index contributed by atoms with van der Waals surface area (Å²) in [6, 6.07) is 2.22. The number of carboxylic acids is 1. The first kappa shape index (κ1) is 13.3. The third kappa shape index (κ3) is 2.50. The first-order chi connectivity index (χ1) is 8.90. The van der Waals surface area contributed by atoms with E-state index in [1.807, 2.05) is 0 Å². The second kappa shape index (κ2) is 4.85. The van der Waals surface area contributed by atoms with E-state index >= 15 is 0 Å². The second-order valence-corrected chi connectivity index (χ2v) is 4.43. The summed E-state index contributed by atoms with van der Waals surface area (Å²) in [6.07, 6.45) is 0. The molecule has 0 spiro atoms. The number of anilines is 1. The number of amides is 2. The molecule has 1 atom stereocenters. The molecule has 2 amide bonds. The van der Waals surface area contributed by atoms with Gasteiger partial charge in [-0.1, -0.05) is 11.6 Å². The lowest BCUT2D eigenvalue weighted by molar-refractivity contribution is -0.132. The topological polar surface area (TPSA) is 99.6 Å². The highest BCUT2D eigenvalue weighted by atomic mass is 35.5. The summed E-state index contributed by atoms with van der Waals surface area (Å²) < 4.78 is 0. The molecule has 1 unspecified atom stereocenters. The molecule has 0 aromatic carbocycles. The van der Waals surface area contributed by atoms with Gasteiger partial charge in [0.2, 0.25) is 11.8 Å². The standard InChI is InChI=1S/C11H10ClN3O4/c1-5-10(17)14-8(16)4-15(5)7-3-2-6(12)9(13-7)11(18)19/h2-3,5H,4H2,1H3,(H,18,19)(H,14,16,17). The lowest BCUT2D eigenvalue weighted by atomic mass is 10.2. The zero-order valence-electron chi connectivity index (χ0n) is 9.88. The van der Waals surface area contributed by atoms with Crippen LogP contribution in [0.3, 0.4) is 0 Å². The highest BCUT2D eigenvalue weighted by Crippen LogP contribution is 2.22. The van der Waals surface area contributed by atoms with Crippen molar-refractivity contribution < 1.29 is 19.5 Å². The molecule has 1 fully saturated rings. The van der Waals surface area contributed by atoms with Crippen LogP contribution in [0, 0.1) is 0 Å². The van der Waals surface area contributed by atoms with Crippen molar-refractivity contribution in [3.8, 4) is 0 Å². The number of nitrogens with one attached hydrogen (secondary N) is 1. The highest BCUT2D eigenvalue weighted by Gasteiger charge is 2.31. The van der Waals surface area contributed by atoms with Gasteiger partial charge >= 0.3 is 5.97 Å². The SMILES string of the molecule is CC1C(=O)NC(=O)CN1c1ccc(Cl)c(C(=O)O)n1. The minimum atomic E-state index is -1.27. The largest absolute Gasteiger partial charge is 0.476 e. The number of piperazine rings is 1. The second-order valence-electron chi connectivity index (χ2n) is 4.02. The minimum absolute atomic E-state index is 0.00306. The van der Waals surface area contributed by atoms with Crippen LogP contribution < -0.4 is 10.2 Å². The Morgan fingerprint density at radius 2 is 2.21 bits per heavy atom. The number of hydrogen-bond donors (Lipinski definition) is 2. The zero-order chi connectivity index (χ0) is 14.2. The van der Waals surface area contributed by atoms with Crippen molar-refractivity contribution >= 4 is 35.2 Å². The average Bonchev–Trinajstić information content (AvgIpc) is 2.34. The van der Waals surface area contributed by atoms with Crippen LogP contribution in [-0.4, -0.2) is 40.5 Å². The van der Waals surface area contributed by atoms with E-state index in [9.17, 15) is 14.4 Å². The zero-order valence-corrected chi connectivity index (χ0v) is 10.6. The first-order valence-electron chi connectivity index (χ1n) is 5.40. The molecule has 2 rings (SSSR count). The van der Waals surface area contributed by atoms with E-state index in [1.54, 1.807) is 6.92 Å². The number of aromatic nitrogens is 1. The van der Waals surface area contributed by atoms with Crippen LogP contribution in [0.2, 0.25) is 5.02 Å². The van der Waals surface area contributed by atoms with E-state index < -0.39 is 23.8 Å². The fourth-order valence-corrected chi connectivity index (χ4v) is 1.92. The fourth-order valence-electron chi connectivity index (χ4n) is 1.74. The van der Waals surface area contributed by atoms with E-state index in [0.717, 1.165) is 0 Å². The van der Waals surface area contributed by atoms with Gasteiger partial charge in [0.05, 0.1) is 11.6 Å². The third-order valence-corrected chi connectivity index (χ3v) is 3.06. The van der Waals surface area contributed by atoms with E-state index in [1.165, 1.54) is 17.0 Å². The third-order valence-electron chi connectivity index (χ3n) is 2.75. The van der Waals surface area contributed by atoms with E-state index in [2.05, 4.69) is 10.3 Å². The average molecular weight is 284 g/mol. The Morgan fingerprint density at radius 1 is 1.53 bits per heavy atom. The Morgan fingerprint density at radius 3 is 2.84 bits per heavy atom. The van der Waals surface area contributed by atoms with E-state index in [0.29, 0.717) is 0 Å². The van der Waals surface area contributed by atoms with Crippen LogP contribution in [0.15, 0.2) is 12.1 Å². The molecule has 1 saturated heterocycles. The summed E-state index contributed by atoms with van der Waals surface area (Å²) in [5.74, 6) is -1.97. The van der Waals surface area contributed by atoms with Gasteiger partial charge < -0.3 is 10.0 Å². The Kier molecular flexibility index (Phi) is 3.39. The quantitative estimate of drug-likeness (QED) is 0.757. The summed E-state index contributed by atoms with van der Waals surface area (Å²) in [5, 5.41) is 11.1. The molecule has 1 aliphatic rings. The number of aromatic carboxylic acids is 1. The van der Waals surface area contributed by atoms with Crippen LogP contribution >= 0.6 is 11.6 Å². The summed E-state index contributed by atoms with van der Waals surface area (Å²) >= 11 is 5.72. The number of rotatable bonds is 2. The van der Waals surface area contributed by atoms with Crippen LogP contribution in [-0.2, 0) is 9.59 Å². The van der Waals surface area contributed by atoms with Gasteiger partial charge in [0.1, 0.15) is 11.9 Å². The van der Waals surface area contributed by atoms with Crippen molar-refractivity contribution in [3.05, 3.63) is 22.8 Å². The lowest BCUT2D eigenvalue weighted by Gasteiger charge is -2.32. The Balaban J connectivity index is 2.40. The lowest BCUT2D eigenvalue weighted by Crippen LogP contribution is -2.57. The maximum absolute atomic E-state index is 11.5. The smallest absolute Gasteiger partial charge is 0.356 e. The molecule has 1 aliphatic heterocycles. The number of pyridine rings is 1. The summed E-state index contributed by atoms with van der Waals surface area (Å²) in [7, 11) is 0. The molecule has 7 nitrogen and oxygen atoms in total. The molecule has 1 aromatic heterocycles. The highest BCUT2D eigenvalue weighted by molar-refractivity contribution is 6.33. The molecular formula is C11H10ClN3O4. The summed E-state index contributed by atoms with van der Waals surface area (Å²) in [4.78, 5) is 39.1. The molecule has 0 bridgehead atoms. The molecule has 0 saturated carbocycles. The van der Waals surface area contributed by atoms with Crippen LogP contribution in [0.4, 0.5) is 5.82 Å². The molecule has 1 aromatic rings. The Labute approximate surface area is 113 Å². The number of imide groups is 1. The van der Waals surface area contributed by atoms with Crippen molar-refractivity contribution in [2.75, 3.05) is 11.4 Å². The number of carbonyl (C=O) groups is 3. The van der Waals surface area contributed by atoms with Gasteiger partial charge in [-0.05, 0) is 19.1 Å². The molecule has 8 heteroatoms. The first-order valence-corrected chi connectivity index (χ1v) is 5.78. The van der Waals surface area contributed by atoms with Crippen molar-refractivity contribution in [1.82, 2.24) is 10.3 Å². The van der Waals surface area contributed by atoms with Gasteiger partial charge in [0.25, 0.3) is 0 Å². The molecule has 0 radical (unpaired) electrons. The van der Waals surface area contributed by atoms with Gasteiger partial charge in [-0.25, -0.2) is 9.78 Å². The normalized spacial score (nSPS) is 19.3. The summed E-state index contributed by atoms with van der Waals surface area (Å²) in [6.45, 7) is 1.53. The number of carboxylic acid groups (broad SMARTS) is 1. The van der Waals surface area contributed by atoms with Gasteiger partial charge in [-0.15, -0.1) is 0 Å². The maximum atomic E-state index is 11.5. The van der Waals surface area contributed by atoms with Crippen molar-refractivity contribution in [2.24, 2.45) is 0 Å². The van der Waals surface area contributed by atoms with E-state index in [4.69, 9.17) is 16.7 Å². The molecule has 2 N–H and O–H groups in total. The summed E-state index contributed by atoms with van der Waals surface area (Å²) in [5.41, 5.74) is -0.315. The number of carbonyl (C=O) groups excluding carboxylic acids is 2.